The van der Waals surface area contributed by atoms with Crippen LogP contribution >= 0.6 is 11.6 Å². The highest BCUT2D eigenvalue weighted by molar-refractivity contribution is 6.30. The summed E-state index contributed by atoms with van der Waals surface area (Å²) in [5, 5.41) is 3.40. The fourth-order valence-corrected chi connectivity index (χ4v) is 2.52. The fraction of sp³-hybridized carbons (Fsp3) is 0.333. The Hall–Kier alpha value is -2.53. The lowest BCUT2D eigenvalue weighted by Crippen LogP contribution is -2.46. The summed E-state index contributed by atoms with van der Waals surface area (Å²) in [6, 6.07) is 14.2. The summed E-state index contributed by atoms with van der Waals surface area (Å²) in [5.74, 6) is 0.275. The molecule has 0 saturated carbocycles. The van der Waals surface area contributed by atoms with Crippen LogP contribution in [-0.2, 0) is 11.3 Å². The van der Waals surface area contributed by atoms with Gasteiger partial charge in [-0.15, -0.1) is 0 Å². The predicted octanol–water partition coefficient (Wildman–Crippen LogP) is 5.49. The lowest BCUT2D eigenvalue weighted by atomic mass is 10.1. The number of benzene rings is 2. The van der Waals surface area contributed by atoms with Crippen molar-refractivity contribution in [3.05, 3.63) is 59.1 Å². The molecule has 0 heterocycles. The first-order valence-electron chi connectivity index (χ1n) is 8.83. The van der Waals surface area contributed by atoms with Gasteiger partial charge in [-0.05, 0) is 50.6 Å². The second kappa shape index (κ2) is 8.91. The van der Waals surface area contributed by atoms with Gasteiger partial charge in [0, 0.05) is 35.3 Å². The minimum absolute atomic E-state index is 0.0995. The van der Waals surface area contributed by atoms with E-state index in [1.54, 1.807) is 48.2 Å². The Morgan fingerprint density at radius 3 is 2.37 bits per heavy atom. The van der Waals surface area contributed by atoms with Gasteiger partial charge in [0.1, 0.15) is 5.75 Å². The fourth-order valence-electron chi connectivity index (χ4n) is 2.39. The van der Waals surface area contributed by atoms with Crippen LogP contribution in [-0.4, -0.2) is 22.4 Å². The van der Waals surface area contributed by atoms with E-state index in [2.05, 4.69) is 5.32 Å². The molecule has 6 heteroatoms. The monoisotopic (exact) mass is 388 g/mol. The molecule has 0 spiro atoms. The molecule has 0 atom stereocenters. The van der Waals surface area contributed by atoms with Crippen LogP contribution in [0.25, 0.3) is 0 Å². The van der Waals surface area contributed by atoms with Gasteiger partial charge in [-0.1, -0.05) is 36.7 Å². The van der Waals surface area contributed by atoms with Gasteiger partial charge in [0.05, 0.1) is 0 Å². The van der Waals surface area contributed by atoms with Gasteiger partial charge < -0.3 is 10.1 Å². The van der Waals surface area contributed by atoms with Gasteiger partial charge in [0.15, 0.2) is 0 Å². The van der Waals surface area contributed by atoms with E-state index >= 15 is 0 Å². The number of ether oxygens (including phenoxy) is 1. The van der Waals surface area contributed by atoms with E-state index in [-0.39, 0.29) is 5.91 Å². The number of nitrogens with one attached hydrogen (secondary N) is 1. The minimum Gasteiger partial charge on any atom is -0.410 e. The van der Waals surface area contributed by atoms with E-state index in [0.29, 0.717) is 29.4 Å². The molecular formula is C21H25ClN2O3. The zero-order valence-corrected chi connectivity index (χ0v) is 16.8. The summed E-state index contributed by atoms with van der Waals surface area (Å²) in [5.41, 5.74) is 1.10. The molecule has 0 aliphatic carbocycles. The third-order valence-electron chi connectivity index (χ3n) is 3.93. The van der Waals surface area contributed by atoms with Crippen molar-refractivity contribution in [3.8, 4) is 5.75 Å². The van der Waals surface area contributed by atoms with Crippen LogP contribution < -0.4 is 10.1 Å². The molecule has 2 aromatic rings. The van der Waals surface area contributed by atoms with Crippen LogP contribution in [0.1, 0.15) is 39.7 Å². The Kier molecular flexibility index (Phi) is 6.86. The molecule has 1 N–H and O–H groups in total. The van der Waals surface area contributed by atoms with Gasteiger partial charge in [0.2, 0.25) is 5.91 Å². The molecule has 2 amide bonds. The molecular weight excluding hydrogens is 364 g/mol. The summed E-state index contributed by atoms with van der Waals surface area (Å²) in [6.07, 6.45) is -0.0838. The van der Waals surface area contributed by atoms with Crippen LogP contribution in [0.5, 0.6) is 5.75 Å². The van der Waals surface area contributed by atoms with Crippen molar-refractivity contribution in [3.63, 3.8) is 0 Å². The number of halogens is 1. The molecule has 0 aromatic heterocycles. The zero-order chi connectivity index (χ0) is 20.0. The molecule has 27 heavy (non-hydrogen) atoms. The van der Waals surface area contributed by atoms with Gasteiger partial charge in [-0.2, -0.15) is 0 Å². The lowest BCUT2D eigenvalue weighted by Gasteiger charge is -2.34. The first-order valence-corrected chi connectivity index (χ1v) is 9.20. The average molecular weight is 389 g/mol. The van der Waals surface area contributed by atoms with Crippen LogP contribution in [0.15, 0.2) is 48.5 Å². The predicted molar refractivity (Wildman–Crippen MR) is 108 cm³/mol. The van der Waals surface area contributed by atoms with Crippen LogP contribution in [0.3, 0.4) is 0 Å². The second-order valence-corrected chi connectivity index (χ2v) is 7.62. The van der Waals surface area contributed by atoms with Crippen molar-refractivity contribution in [2.24, 2.45) is 0 Å². The number of hydrogen-bond donors (Lipinski definition) is 1. The molecule has 2 aromatic carbocycles. The van der Waals surface area contributed by atoms with Gasteiger partial charge in [-0.25, -0.2) is 4.79 Å². The summed E-state index contributed by atoms with van der Waals surface area (Å²) in [7, 11) is 0. The van der Waals surface area contributed by atoms with E-state index in [1.807, 2.05) is 32.9 Å². The van der Waals surface area contributed by atoms with E-state index in [0.717, 1.165) is 5.56 Å². The first kappa shape index (κ1) is 20.8. The number of amides is 2. The molecule has 0 fully saturated rings. The third kappa shape index (κ3) is 6.29. The summed E-state index contributed by atoms with van der Waals surface area (Å²) < 4.78 is 5.56. The van der Waals surface area contributed by atoms with Crippen LogP contribution in [0.4, 0.5) is 10.5 Å². The zero-order valence-electron chi connectivity index (χ0n) is 16.1. The van der Waals surface area contributed by atoms with Gasteiger partial charge in [0.25, 0.3) is 0 Å². The van der Waals surface area contributed by atoms with Crippen LogP contribution in [0, 0.1) is 0 Å². The summed E-state index contributed by atoms with van der Waals surface area (Å²) in [6.45, 7) is 8.01. The summed E-state index contributed by atoms with van der Waals surface area (Å²) in [4.78, 5) is 26.0. The van der Waals surface area contributed by atoms with Gasteiger partial charge >= 0.3 is 6.09 Å². The smallest absolute Gasteiger partial charge is 0.410 e. The van der Waals surface area contributed by atoms with Crippen molar-refractivity contribution in [1.82, 2.24) is 4.90 Å². The Balaban J connectivity index is 2.15. The maximum absolute atomic E-state index is 12.8. The van der Waals surface area contributed by atoms with Crippen molar-refractivity contribution in [2.45, 2.75) is 46.2 Å². The molecule has 2 rings (SSSR count). The molecule has 0 saturated heterocycles. The van der Waals surface area contributed by atoms with Crippen molar-refractivity contribution < 1.29 is 14.3 Å². The topological polar surface area (TPSA) is 58.6 Å². The maximum Gasteiger partial charge on any atom is 0.415 e. The van der Waals surface area contributed by atoms with E-state index in [4.69, 9.17) is 16.3 Å². The molecule has 0 bridgehead atoms. The number of anilines is 1. The average Bonchev–Trinajstić information content (AvgIpc) is 2.60. The molecule has 0 unspecified atom stereocenters. The normalized spacial score (nSPS) is 11.0. The Bertz CT molecular complexity index is 798. The molecule has 0 aliphatic heterocycles. The van der Waals surface area contributed by atoms with Crippen molar-refractivity contribution in [2.75, 3.05) is 5.32 Å². The molecule has 0 aliphatic rings. The SMILES string of the molecule is CCC(=O)Nc1cccc(OC(=O)N(Cc2ccc(Cl)cc2)C(C)(C)C)c1. The number of carbonyl (C=O) groups is 2. The van der Waals surface area contributed by atoms with Crippen molar-refractivity contribution >= 4 is 29.3 Å². The molecule has 144 valence electrons. The third-order valence-corrected chi connectivity index (χ3v) is 4.18. The quantitative estimate of drug-likeness (QED) is 0.736. The van der Waals surface area contributed by atoms with Crippen molar-refractivity contribution in [1.29, 1.82) is 0 Å². The largest absolute Gasteiger partial charge is 0.415 e. The number of rotatable bonds is 5. The van der Waals surface area contributed by atoms with E-state index in [1.165, 1.54) is 0 Å². The molecule has 5 nitrogen and oxygen atoms in total. The highest BCUT2D eigenvalue weighted by atomic mass is 35.5. The maximum atomic E-state index is 12.8. The molecule has 0 radical (unpaired) electrons. The lowest BCUT2D eigenvalue weighted by molar-refractivity contribution is -0.115. The first-order chi connectivity index (χ1) is 12.7. The Labute approximate surface area is 165 Å². The van der Waals surface area contributed by atoms with Crippen LogP contribution in [0.2, 0.25) is 5.02 Å². The number of carbonyl (C=O) groups excluding carboxylic acids is 2. The number of hydrogen-bond acceptors (Lipinski definition) is 3. The van der Waals surface area contributed by atoms with E-state index in [9.17, 15) is 9.59 Å². The van der Waals surface area contributed by atoms with E-state index < -0.39 is 11.6 Å². The highest BCUT2D eigenvalue weighted by Crippen LogP contribution is 2.23. The highest BCUT2D eigenvalue weighted by Gasteiger charge is 2.28. The number of nitrogens with zero attached hydrogens (tertiary/aromatic N) is 1. The second-order valence-electron chi connectivity index (χ2n) is 7.18. The summed E-state index contributed by atoms with van der Waals surface area (Å²) >= 11 is 5.93. The standard InChI is InChI=1S/C21H25ClN2O3/c1-5-19(25)23-17-7-6-8-18(13-17)27-20(26)24(21(2,3)4)14-15-9-11-16(22)12-10-15/h6-13H,5,14H2,1-4H3,(H,23,25). The van der Waals surface area contributed by atoms with Gasteiger partial charge in [-0.3, -0.25) is 9.69 Å². The Morgan fingerprint density at radius 2 is 1.78 bits per heavy atom. The minimum atomic E-state index is -0.462. The Morgan fingerprint density at radius 1 is 1.11 bits per heavy atom.